The van der Waals surface area contributed by atoms with Gasteiger partial charge in [0.05, 0.1) is 5.92 Å². The molecule has 2 N–H and O–H groups in total. The summed E-state index contributed by atoms with van der Waals surface area (Å²) in [4.78, 5) is 23.7. The second-order valence-corrected chi connectivity index (χ2v) is 6.97. The number of amides is 1. The molecule has 4 heteroatoms. The molecule has 4 atom stereocenters. The van der Waals surface area contributed by atoms with E-state index in [0.29, 0.717) is 24.7 Å². The number of carboxylic acids is 1. The molecule has 1 aromatic rings. The van der Waals surface area contributed by atoms with Crippen molar-refractivity contribution in [1.29, 1.82) is 0 Å². The first-order valence-electron chi connectivity index (χ1n) is 8.72. The van der Waals surface area contributed by atoms with E-state index in [1.54, 1.807) is 0 Å². The van der Waals surface area contributed by atoms with Gasteiger partial charge in [-0.25, -0.2) is 0 Å². The second-order valence-electron chi connectivity index (χ2n) is 6.97. The molecule has 0 heterocycles. The summed E-state index contributed by atoms with van der Waals surface area (Å²) in [5.41, 5.74) is 1.31. The molecule has 2 aliphatic rings. The van der Waals surface area contributed by atoms with E-state index in [4.69, 9.17) is 0 Å². The molecule has 2 aliphatic carbocycles. The first-order valence-corrected chi connectivity index (χ1v) is 8.72. The first kappa shape index (κ1) is 16.0. The minimum atomic E-state index is -0.772. The molecule has 4 nitrogen and oxygen atoms in total. The first-order chi connectivity index (χ1) is 11.1. The molecule has 1 amide bonds. The highest BCUT2D eigenvalue weighted by Gasteiger charge is 2.40. The number of rotatable bonds is 5. The number of carboxylic acid groups (broad SMARTS) is 1. The van der Waals surface area contributed by atoms with Crippen LogP contribution in [-0.2, 0) is 9.59 Å². The predicted octanol–water partition coefficient (Wildman–Crippen LogP) is 3.33. The molecule has 2 saturated carbocycles. The standard InChI is InChI=1S/C19H25NO3/c21-18(12-14-11-16(14)13-7-3-1-4-8-13)20-17-10-6-2-5-9-15(17)19(22)23/h1,3-4,7-8,14-17H,2,5-6,9-12H2,(H,20,21)(H,22,23)/t14-,15+,16-,17-/m0/s1. The zero-order chi connectivity index (χ0) is 16.2. The molecule has 2 fully saturated rings. The third-order valence-electron chi connectivity index (χ3n) is 5.28. The largest absolute Gasteiger partial charge is 0.481 e. The smallest absolute Gasteiger partial charge is 0.308 e. The lowest BCUT2D eigenvalue weighted by Crippen LogP contribution is -2.42. The van der Waals surface area contributed by atoms with Crippen molar-refractivity contribution in [3.05, 3.63) is 35.9 Å². The molecule has 0 radical (unpaired) electrons. The second kappa shape index (κ2) is 7.16. The molecule has 0 spiro atoms. The fraction of sp³-hybridized carbons (Fsp3) is 0.579. The minimum Gasteiger partial charge on any atom is -0.481 e. The average molecular weight is 315 g/mol. The molecule has 0 saturated heterocycles. The molecule has 0 aromatic heterocycles. The third-order valence-corrected chi connectivity index (χ3v) is 5.28. The zero-order valence-electron chi connectivity index (χ0n) is 13.4. The summed E-state index contributed by atoms with van der Waals surface area (Å²) in [6.45, 7) is 0. The van der Waals surface area contributed by atoms with Crippen LogP contribution in [0.15, 0.2) is 30.3 Å². The van der Waals surface area contributed by atoms with Crippen LogP contribution in [0.2, 0.25) is 0 Å². The number of benzene rings is 1. The van der Waals surface area contributed by atoms with Gasteiger partial charge >= 0.3 is 5.97 Å². The molecule has 0 bridgehead atoms. The summed E-state index contributed by atoms with van der Waals surface area (Å²) in [5, 5.41) is 12.4. The normalized spacial score (nSPS) is 30.3. The Kier molecular flexibility index (Phi) is 4.99. The summed E-state index contributed by atoms with van der Waals surface area (Å²) in [7, 11) is 0. The lowest BCUT2D eigenvalue weighted by molar-refractivity contribution is -0.143. The number of hydrogen-bond donors (Lipinski definition) is 2. The molecule has 23 heavy (non-hydrogen) atoms. The Bertz CT molecular complexity index is 557. The van der Waals surface area contributed by atoms with Crippen LogP contribution < -0.4 is 5.32 Å². The maximum Gasteiger partial charge on any atom is 0.308 e. The summed E-state index contributed by atoms with van der Waals surface area (Å²) in [6.07, 6.45) is 6.06. The van der Waals surface area contributed by atoms with Crippen molar-refractivity contribution in [2.45, 2.75) is 56.9 Å². The van der Waals surface area contributed by atoms with Crippen LogP contribution in [0, 0.1) is 11.8 Å². The topological polar surface area (TPSA) is 66.4 Å². The Morgan fingerprint density at radius 1 is 1.09 bits per heavy atom. The number of hydrogen-bond acceptors (Lipinski definition) is 2. The Balaban J connectivity index is 1.52. The highest BCUT2D eigenvalue weighted by Crippen LogP contribution is 2.49. The molecule has 0 aliphatic heterocycles. The van der Waals surface area contributed by atoms with E-state index < -0.39 is 11.9 Å². The fourth-order valence-corrected chi connectivity index (χ4v) is 3.86. The molecule has 1 aromatic carbocycles. The SMILES string of the molecule is O=C(C[C@@H]1C[C@H]1c1ccccc1)N[C@H]1CCCCC[C@H]1C(=O)O. The van der Waals surface area contributed by atoms with Crippen LogP contribution in [0.25, 0.3) is 0 Å². The van der Waals surface area contributed by atoms with Crippen molar-refractivity contribution < 1.29 is 14.7 Å². The van der Waals surface area contributed by atoms with Crippen molar-refractivity contribution in [1.82, 2.24) is 5.32 Å². The van der Waals surface area contributed by atoms with Crippen LogP contribution in [0.4, 0.5) is 0 Å². The van der Waals surface area contributed by atoms with Crippen LogP contribution in [0.1, 0.15) is 56.4 Å². The van der Waals surface area contributed by atoms with Crippen LogP contribution in [0.3, 0.4) is 0 Å². The Hall–Kier alpha value is -1.84. The van der Waals surface area contributed by atoms with E-state index in [1.807, 2.05) is 18.2 Å². The van der Waals surface area contributed by atoms with Crippen LogP contribution >= 0.6 is 0 Å². The molecule has 3 rings (SSSR count). The van der Waals surface area contributed by atoms with Crippen molar-refractivity contribution in [3.63, 3.8) is 0 Å². The van der Waals surface area contributed by atoms with E-state index in [2.05, 4.69) is 17.4 Å². The van der Waals surface area contributed by atoms with Gasteiger partial charge in [0, 0.05) is 12.5 Å². The maximum absolute atomic E-state index is 12.3. The number of nitrogens with one attached hydrogen (secondary N) is 1. The maximum atomic E-state index is 12.3. The van der Waals surface area contributed by atoms with Gasteiger partial charge < -0.3 is 10.4 Å². The Morgan fingerprint density at radius 3 is 2.57 bits per heavy atom. The van der Waals surface area contributed by atoms with Gasteiger partial charge in [-0.1, -0.05) is 49.6 Å². The van der Waals surface area contributed by atoms with Gasteiger partial charge in [0.25, 0.3) is 0 Å². The summed E-state index contributed by atoms with van der Waals surface area (Å²) >= 11 is 0. The molecular formula is C19H25NO3. The van der Waals surface area contributed by atoms with Crippen molar-refractivity contribution in [2.75, 3.05) is 0 Å². The zero-order valence-corrected chi connectivity index (χ0v) is 13.4. The van der Waals surface area contributed by atoms with Gasteiger partial charge in [-0.15, -0.1) is 0 Å². The average Bonchev–Trinajstić information content (AvgIpc) is 3.32. The lowest BCUT2D eigenvalue weighted by Gasteiger charge is -2.22. The number of carbonyl (C=O) groups is 2. The van der Waals surface area contributed by atoms with Gasteiger partial charge in [0.15, 0.2) is 0 Å². The lowest BCUT2D eigenvalue weighted by atomic mass is 9.94. The van der Waals surface area contributed by atoms with Crippen molar-refractivity contribution >= 4 is 11.9 Å². The Morgan fingerprint density at radius 2 is 1.83 bits per heavy atom. The quantitative estimate of drug-likeness (QED) is 0.819. The van der Waals surface area contributed by atoms with E-state index in [0.717, 1.165) is 32.1 Å². The van der Waals surface area contributed by atoms with Crippen LogP contribution in [0.5, 0.6) is 0 Å². The molecular weight excluding hydrogens is 290 g/mol. The van der Waals surface area contributed by atoms with E-state index in [1.165, 1.54) is 5.56 Å². The molecule has 124 valence electrons. The van der Waals surface area contributed by atoms with Gasteiger partial charge in [0.1, 0.15) is 0 Å². The van der Waals surface area contributed by atoms with E-state index in [9.17, 15) is 14.7 Å². The minimum absolute atomic E-state index is 0.0200. The van der Waals surface area contributed by atoms with Gasteiger partial charge in [-0.2, -0.15) is 0 Å². The van der Waals surface area contributed by atoms with Crippen molar-refractivity contribution in [3.8, 4) is 0 Å². The summed E-state index contributed by atoms with van der Waals surface area (Å²) < 4.78 is 0. The highest BCUT2D eigenvalue weighted by molar-refractivity contribution is 5.78. The van der Waals surface area contributed by atoms with Crippen molar-refractivity contribution in [2.24, 2.45) is 11.8 Å². The van der Waals surface area contributed by atoms with Gasteiger partial charge in [-0.3, -0.25) is 9.59 Å². The van der Waals surface area contributed by atoms with E-state index >= 15 is 0 Å². The van der Waals surface area contributed by atoms with Gasteiger partial charge in [0.2, 0.25) is 5.91 Å². The van der Waals surface area contributed by atoms with Gasteiger partial charge in [-0.05, 0) is 36.7 Å². The van der Waals surface area contributed by atoms with E-state index in [-0.39, 0.29) is 11.9 Å². The third kappa shape index (κ3) is 4.12. The Labute approximate surface area is 137 Å². The van der Waals surface area contributed by atoms with Crippen LogP contribution in [-0.4, -0.2) is 23.0 Å². The monoisotopic (exact) mass is 315 g/mol. The summed E-state index contributed by atoms with van der Waals surface area (Å²) in [5.74, 6) is -0.277. The number of carbonyl (C=O) groups excluding carboxylic acids is 1. The summed E-state index contributed by atoms with van der Waals surface area (Å²) in [6, 6.07) is 10.1. The fourth-order valence-electron chi connectivity index (χ4n) is 3.86. The molecule has 0 unspecified atom stereocenters. The predicted molar refractivity (Wildman–Crippen MR) is 88.0 cm³/mol. The highest BCUT2D eigenvalue weighted by atomic mass is 16.4. The number of aliphatic carboxylic acids is 1.